The first-order valence-corrected chi connectivity index (χ1v) is 10.3. The molecule has 0 radical (unpaired) electrons. The molecule has 0 fully saturated rings. The number of nitrogens with one attached hydrogen (secondary N) is 1. The molecule has 1 aliphatic heterocycles. The van der Waals surface area contributed by atoms with Crippen LogP contribution in [-0.2, 0) is 11.4 Å². The molecule has 0 aromatic heterocycles. The van der Waals surface area contributed by atoms with Gasteiger partial charge in [-0.05, 0) is 41.5 Å². The van der Waals surface area contributed by atoms with Crippen molar-refractivity contribution >= 4 is 17.7 Å². The third kappa shape index (κ3) is 5.43. The zero-order valence-corrected chi connectivity index (χ0v) is 18.0. The Morgan fingerprint density at radius 2 is 1.82 bits per heavy atom. The van der Waals surface area contributed by atoms with Crippen LogP contribution in [0.25, 0.3) is 6.08 Å². The van der Waals surface area contributed by atoms with E-state index in [0.29, 0.717) is 54.1 Å². The second-order valence-electron chi connectivity index (χ2n) is 7.17. The number of nitrogens with zero attached hydrogens (tertiary/aromatic N) is 1. The van der Waals surface area contributed by atoms with Crippen LogP contribution in [0.4, 0.5) is 5.69 Å². The molecule has 1 amide bonds. The Morgan fingerprint density at radius 1 is 1.03 bits per heavy atom. The molecule has 3 aromatic rings. The summed E-state index contributed by atoms with van der Waals surface area (Å²) in [6.07, 6.45) is 1.50. The van der Waals surface area contributed by atoms with Crippen molar-refractivity contribution in [3.8, 4) is 29.1 Å². The summed E-state index contributed by atoms with van der Waals surface area (Å²) < 4.78 is 22.3. The average molecular weight is 442 g/mol. The summed E-state index contributed by atoms with van der Waals surface area (Å²) in [6.45, 7) is 1.33. The Labute approximate surface area is 191 Å². The minimum atomic E-state index is -0.530. The van der Waals surface area contributed by atoms with Gasteiger partial charge in [-0.1, -0.05) is 36.4 Å². The number of carbonyl (C=O) groups excluding carboxylic acids is 1. The van der Waals surface area contributed by atoms with Crippen molar-refractivity contribution in [1.29, 1.82) is 5.26 Å². The van der Waals surface area contributed by atoms with E-state index in [4.69, 9.17) is 18.9 Å². The summed E-state index contributed by atoms with van der Waals surface area (Å²) in [5, 5.41) is 12.3. The molecule has 0 saturated heterocycles. The van der Waals surface area contributed by atoms with E-state index in [2.05, 4.69) is 5.32 Å². The quantitative estimate of drug-likeness (QED) is 0.425. The van der Waals surface area contributed by atoms with Gasteiger partial charge in [0.05, 0.1) is 7.11 Å². The smallest absolute Gasteiger partial charge is 0.266 e. The lowest BCUT2D eigenvalue weighted by Gasteiger charge is -2.18. The van der Waals surface area contributed by atoms with E-state index in [-0.39, 0.29) is 5.57 Å². The lowest BCUT2D eigenvalue weighted by Crippen LogP contribution is -2.17. The number of benzene rings is 3. The van der Waals surface area contributed by atoms with E-state index in [1.807, 2.05) is 36.4 Å². The molecule has 3 aromatic carbocycles. The second-order valence-corrected chi connectivity index (χ2v) is 7.17. The van der Waals surface area contributed by atoms with Crippen LogP contribution in [0.15, 0.2) is 72.3 Å². The van der Waals surface area contributed by atoms with E-state index in [1.165, 1.54) is 13.2 Å². The fourth-order valence-corrected chi connectivity index (χ4v) is 3.26. The molecule has 33 heavy (non-hydrogen) atoms. The molecule has 0 spiro atoms. The van der Waals surface area contributed by atoms with Crippen molar-refractivity contribution in [2.45, 2.75) is 6.61 Å². The molecular weight excluding hydrogens is 420 g/mol. The molecule has 0 atom stereocenters. The monoisotopic (exact) mass is 442 g/mol. The Hall–Kier alpha value is -4.44. The highest BCUT2D eigenvalue weighted by molar-refractivity contribution is 6.09. The van der Waals surface area contributed by atoms with Gasteiger partial charge >= 0.3 is 0 Å². The van der Waals surface area contributed by atoms with Crippen molar-refractivity contribution in [1.82, 2.24) is 0 Å². The van der Waals surface area contributed by atoms with Gasteiger partial charge in [0.2, 0.25) is 0 Å². The number of methoxy groups -OCH3 is 1. The third-order valence-electron chi connectivity index (χ3n) is 4.90. The van der Waals surface area contributed by atoms with E-state index in [0.717, 1.165) is 5.56 Å². The van der Waals surface area contributed by atoms with Gasteiger partial charge in [0, 0.05) is 11.8 Å². The van der Waals surface area contributed by atoms with Crippen LogP contribution in [0.3, 0.4) is 0 Å². The Balaban J connectivity index is 1.47. The molecule has 0 saturated carbocycles. The maximum absolute atomic E-state index is 12.7. The number of rotatable bonds is 7. The van der Waals surface area contributed by atoms with E-state index in [1.54, 1.807) is 36.4 Å². The Kier molecular flexibility index (Phi) is 6.76. The van der Waals surface area contributed by atoms with Crippen molar-refractivity contribution in [2.75, 3.05) is 25.6 Å². The predicted molar refractivity (Wildman–Crippen MR) is 123 cm³/mol. The first kappa shape index (κ1) is 21.8. The number of fused-ring (bicyclic) bond motifs is 1. The number of hydrogen-bond acceptors (Lipinski definition) is 6. The minimum absolute atomic E-state index is 0.0510. The van der Waals surface area contributed by atoms with Gasteiger partial charge in [-0.2, -0.15) is 5.26 Å². The van der Waals surface area contributed by atoms with Crippen LogP contribution in [0, 0.1) is 11.3 Å². The summed E-state index contributed by atoms with van der Waals surface area (Å²) in [5.41, 5.74) is 2.12. The van der Waals surface area contributed by atoms with Gasteiger partial charge in [-0.25, -0.2) is 0 Å². The molecule has 1 N–H and O–H groups in total. The zero-order chi connectivity index (χ0) is 23.0. The van der Waals surface area contributed by atoms with Crippen molar-refractivity contribution in [3.05, 3.63) is 83.4 Å². The van der Waals surface area contributed by atoms with Gasteiger partial charge < -0.3 is 24.3 Å². The maximum atomic E-state index is 12.7. The highest BCUT2D eigenvalue weighted by atomic mass is 16.6. The normalized spacial score (nSPS) is 12.4. The fourth-order valence-electron chi connectivity index (χ4n) is 3.26. The number of ether oxygens (including phenoxy) is 4. The van der Waals surface area contributed by atoms with Crippen LogP contribution in [0.1, 0.15) is 11.1 Å². The number of carbonyl (C=O) groups is 1. The van der Waals surface area contributed by atoms with Gasteiger partial charge in [-0.3, -0.25) is 4.79 Å². The maximum Gasteiger partial charge on any atom is 0.266 e. The standard InChI is InChI=1S/C26H22N2O5/c1-30-24-14-19(7-9-22(24)33-17-18-5-3-2-4-6-18)13-20(16-27)26(29)28-21-8-10-23-25(15-21)32-12-11-31-23/h2-10,13-15H,11-12,17H2,1H3,(H,28,29)/b20-13+. The largest absolute Gasteiger partial charge is 0.493 e. The van der Waals surface area contributed by atoms with Crippen molar-refractivity contribution in [2.24, 2.45) is 0 Å². The first-order chi connectivity index (χ1) is 16.2. The summed E-state index contributed by atoms with van der Waals surface area (Å²) in [7, 11) is 1.54. The highest BCUT2D eigenvalue weighted by Crippen LogP contribution is 2.33. The molecule has 7 nitrogen and oxygen atoms in total. The van der Waals surface area contributed by atoms with Crippen LogP contribution >= 0.6 is 0 Å². The van der Waals surface area contributed by atoms with E-state index < -0.39 is 5.91 Å². The van der Waals surface area contributed by atoms with E-state index >= 15 is 0 Å². The average Bonchev–Trinajstić information content (AvgIpc) is 2.86. The fraction of sp³-hybridized carbons (Fsp3) is 0.154. The van der Waals surface area contributed by atoms with Crippen LogP contribution < -0.4 is 24.3 Å². The number of anilines is 1. The Bertz CT molecular complexity index is 1220. The Morgan fingerprint density at radius 3 is 2.58 bits per heavy atom. The number of amides is 1. The lowest BCUT2D eigenvalue weighted by atomic mass is 10.1. The van der Waals surface area contributed by atoms with Crippen LogP contribution in [0.2, 0.25) is 0 Å². The SMILES string of the molecule is COc1cc(/C=C(\C#N)C(=O)Nc2ccc3c(c2)OCCO3)ccc1OCc1ccccc1. The topological polar surface area (TPSA) is 89.8 Å². The van der Waals surface area contributed by atoms with Gasteiger partial charge in [0.1, 0.15) is 31.5 Å². The van der Waals surface area contributed by atoms with Gasteiger partial charge in [-0.15, -0.1) is 0 Å². The number of nitriles is 1. The molecule has 0 bridgehead atoms. The molecule has 1 heterocycles. The van der Waals surface area contributed by atoms with Crippen LogP contribution in [-0.4, -0.2) is 26.2 Å². The summed E-state index contributed by atoms with van der Waals surface area (Å²) in [5.74, 6) is 1.72. The van der Waals surface area contributed by atoms with Gasteiger partial charge in [0.15, 0.2) is 23.0 Å². The molecule has 1 aliphatic rings. The number of hydrogen-bond donors (Lipinski definition) is 1. The lowest BCUT2D eigenvalue weighted by molar-refractivity contribution is -0.112. The third-order valence-corrected chi connectivity index (χ3v) is 4.90. The molecule has 4 rings (SSSR count). The predicted octanol–water partition coefficient (Wildman–Crippen LogP) is 4.59. The minimum Gasteiger partial charge on any atom is -0.493 e. The molecular formula is C26H22N2O5. The van der Waals surface area contributed by atoms with Crippen LogP contribution in [0.5, 0.6) is 23.0 Å². The van der Waals surface area contributed by atoms with Crippen molar-refractivity contribution in [3.63, 3.8) is 0 Å². The van der Waals surface area contributed by atoms with Crippen molar-refractivity contribution < 1.29 is 23.7 Å². The highest BCUT2D eigenvalue weighted by Gasteiger charge is 2.15. The second kappa shape index (κ2) is 10.2. The summed E-state index contributed by atoms with van der Waals surface area (Å²) in [4.78, 5) is 12.7. The first-order valence-electron chi connectivity index (χ1n) is 10.3. The molecule has 0 aliphatic carbocycles. The molecule has 0 unspecified atom stereocenters. The summed E-state index contributed by atoms with van der Waals surface area (Å²) >= 11 is 0. The van der Waals surface area contributed by atoms with E-state index in [9.17, 15) is 10.1 Å². The van der Waals surface area contributed by atoms with Gasteiger partial charge in [0.25, 0.3) is 5.91 Å². The summed E-state index contributed by atoms with van der Waals surface area (Å²) in [6, 6.07) is 22.1. The molecule has 7 heteroatoms. The zero-order valence-electron chi connectivity index (χ0n) is 18.0. The molecule has 166 valence electrons.